The third-order valence-electron chi connectivity index (χ3n) is 2.69. The van der Waals surface area contributed by atoms with E-state index in [-0.39, 0.29) is 0 Å². The van der Waals surface area contributed by atoms with Crippen molar-refractivity contribution < 1.29 is 4.74 Å². The predicted octanol–water partition coefficient (Wildman–Crippen LogP) is 2.37. The van der Waals surface area contributed by atoms with Crippen LogP contribution in [-0.2, 0) is 6.54 Å². The minimum atomic E-state index is 0.641. The number of rotatable bonds is 7. The Balaban J connectivity index is 1.81. The molecule has 0 fully saturated rings. The fourth-order valence-electron chi connectivity index (χ4n) is 1.88. The van der Waals surface area contributed by atoms with E-state index in [1.165, 1.54) is 0 Å². The second-order valence-electron chi connectivity index (χ2n) is 4.27. The SMILES string of the molecule is CCOc1cc(N)cc(NCCCn2cccn2)c1. The second-order valence-corrected chi connectivity index (χ2v) is 4.27. The monoisotopic (exact) mass is 260 g/mol. The molecule has 0 saturated heterocycles. The first kappa shape index (κ1) is 13.3. The molecule has 0 aliphatic carbocycles. The van der Waals surface area contributed by atoms with Crippen LogP contribution in [0.5, 0.6) is 5.75 Å². The summed E-state index contributed by atoms with van der Waals surface area (Å²) in [6.45, 7) is 4.37. The molecule has 1 aromatic carbocycles. The predicted molar refractivity (Wildman–Crippen MR) is 77.4 cm³/mol. The first-order chi connectivity index (χ1) is 9.28. The lowest BCUT2D eigenvalue weighted by Crippen LogP contribution is -2.07. The van der Waals surface area contributed by atoms with Crippen LogP contribution in [0.4, 0.5) is 11.4 Å². The average molecular weight is 260 g/mol. The summed E-state index contributed by atoms with van der Waals surface area (Å²) in [5.74, 6) is 0.803. The van der Waals surface area contributed by atoms with Crippen molar-refractivity contribution >= 4 is 11.4 Å². The van der Waals surface area contributed by atoms with E-state index < -0.39 is 0 Å². The van der Waals surface area contributed by atoms with Crippen LogP contribution in [0.15, 0.2) is 36.7 Å². The van der Waals surface area contributed by atoms with E-state index in [1.807, 2.05) is 42.1 Å². The molecule has 1 aromatic heterocycles. The van der Waals surface area contributed by atoms with Crippen molar-refractivity contribution in [1.82, 2.24) is 9.78 Å². The summed E-state index contributed by atoms with van der Waals surface area (Å²) in [6, 6.07) is 7.64. The number of hydrogen-bond donors (Lipinski definition) is 2. The van der Waals surface area contributed by atoms with Gasteiger partial charge in [-0.3, -0.25) is 4.68 Å². The van der Waals surface area contributed by atoms with Crippen molar-refractivity contribution in [2.45, 2.75) is 19.9 Å². The molecule has 0 aliphatic rings. The summed E-state index contributed by atoms with van der Waals surface area (Å²) in [5.41, 5.74) is 7.54. The molecule has 0 bridgehead atoms. The quantitative estimate of drug-likeness (QED) is 0.592. The van der Waals surface area contributed by atoms with Crippen LogP contribution in [0.3, 0.4) is 0 Å². The molecule has 0 radical (unpaired) electrons. The van der Waals surface area contributed by atoms with Gasteiger partial charge in [0.15, 0.2) is 0 Å². The smallest absolute Gasteiger partial charge is 0.123 e. The van der Waals surface area contributed by atoms with Gasteiger partial charge in [-0.1, -0.05) is 0 Å². The van der Waals surface area contributed by atoms with Crippen molar-refractivity contribution in [3.05, 3.63) is 36.7 Å². The van der Waals surface area contributed by atoms with E-state index in [2.05, 4.69) is 10.4 Å². The summed E-state index contributed by atoms with van der Waals surface area (Å²) in [6.07, 6.45) is 4.76. The fraction of sp³-hybridized carbons (Fsp3) is 0.357. The Labute approximate surface area is 113 Å². The van der Waals surface area contributed by atoms with Crippen LogP contribution in [0.25, 0.3) is 0 Å². The van der Waals surface area contributed by atoms with Gasteiger partial charge in [0, 0.05) is 49.0 Å². The molecule has 0 amide bonds. The van der Waals surface area contributed by atoms with Gasteiger partial charge in [-0.2, -0.15) is 5.10 Å². The fourth-order valence-corrected chi connectivity index (χ4v) is 1.88. The van der Waals surface area contributed by atoms with Crippen molar-refractivity contribution in [3.63, 3.8) is 0 Å². The zero-order valence-electron chi connectivity index (χ0n) is 11.2. The lowest BCUT2D eigenvalue weighted by Gasteiger charge is -2.10. The lowest BCUT2D eigenvalue weighted by atomic mass is 10.2. The molecule has 0 unspecified atom stereocenters. The Hall–Kier alpha value is -2.17. The first-order valence-corrected chi connectivity index (χ1v) is 6.52. The Morgan fingerprint density at radius 1 is 1.37 bits per heavy atom. The zero-order valence-corrected chi connectivity index (χ0v) is 11.2. The highest BCUT2D eigenvalue weighted by atomic mass is 16.5. The topological polar surface area (TPSA) is 65.1 Å². The van der Waals surface area contributed by atoms with Gasteiger partial charge in [0.1, 0.15) is 5.75 Å². The van der Waals surface area contributed by atoms with Gasteiger partial charge in [-0.05, 0) is 25.5 Å². The number of ether oxygens (including phenoxy) is 1. The molecule has 5 nitrogen and oxygen atoms in total. The van der Waals surface area contributed by atoms with E-state index >= 15 is 0 Å². The standard InChI is InChI=1S/C14H20N4O/c1-2-19-14-10-12(15)9-13(11-14)16-5-3-7-18-8-4-6-17-18/h4,6,8-11,16H,2-3,5,7,15H2,1H3. The first-order valence-electron chi connectivity index (χ1n) is 6.52. The molecule has 0 aliphatic heterocycles. The Morgan fingerprint density at radius 3 is 3.00 bits per heavy atom. The molecule has 19 heavy (non-hydrogen) atoms. The number of hydrogen-bond acceptors (Lipinski definition) is 4. The summed E-state index contributed by atoms with van der Waals surface area (Å²) in [5, 5.41) is 7.51. The lowest BCUT2D eigenvalue weighted by molar-refractivity contribution is 0.340. The number of nitrogen functional groups attached to an aromatic ring is 1. The zero-order chi connectivity index (χ0) is 13.5. The largest absolute Gasteiger partial charge is 0.494 e. The highest BCUT2D eigenvalue weighted by Crippen LogP contribution is 2.22. The Kier molecular flexibility index (Phi) is 4.66. The average Bonchev–Trinajstić information content (AvgIpc) is 2.87. The maximum absolute atomic E-state index is 5.84. The molecule has 1 heterocycles. The van der Waals surface area contributed by atoms with Gasteiger partial charge in [0.2, 0.25) is 0 Å². The van der Waals surface area contributed by atoms with Crippen molar-refractivity contribution in [1.29, 1.82) is 0 Å². The van der Waals surface area contributed by atoms with E-state index in [0.29, 0.717) is 12.3 Å². The highest BCUT2D eigenvalue weighted by molar-refractivity contribution is 5.59. The minimum Gasteiger partial charge on any atom is -0.494 e. The number of nitrogens with two attached hydrogens (primary N) is 1. The molecular formula is C14H20N4O. The van der Waals surface area contributed by atoms with E-state index in [9.17, 15) is 0 Å². The number of anilines is 2. The van der Waals surface area contributed by atoms with E-state index in [0.717, 1.165) is 30.9 Å². The number of benzene rings is 1. The number of nitrogens with zero attached hydrogens (tertiary/aromatic N) is 2. The normalized spacial score (nSPS) is 10.4. The van der Waals surface area contributed by atoms with Crippen LogP contribution >= 0.6 is 0 Å². The number of aromatic nitrogens is 2. The Morgan fingerprint density at radius 2 is 2.26 bits per heavy atom. The molecule has 0 atom stereocenters. The number of nitrogens with one attached hydrogen (secondary N) is 1. The molecule has 2 aromatic rings. The molecule has 0 saturated carbocycles. The van der Waals surface area contributed by atoms with Gasteiger partial charge < -0.3 is 15.8 Å². The van der Waals surface area contributed by atoms with Crippen LogP contribution in [-0.4, -0.2) is 22.9 Å². The molecule has 3 N–H and O–H groups in total. The third-order valence-corrected chi connectivity index (χ3v) is 2.69. The molecule has 5 heteroatoms. The second kappa shape index (κ2) is 6.68. The summed E-state index contributed by atoms with van der Waals surface area (Å²) in [7, 11) is 0. The van der Waals surface area contributed by atoms with Gasteiger partial charge in [-0.15, -0.1) is 0 Å². The maximum Gasteiger partial charge on any atom is 0.123 e. The minimum absolute atomic E-state index is 0.641. The summed E-state index contributed by atoms with van der Waals surface area (Å²) >= 11 is 0. The molecule has 2 rings (SSSR count). The van der Waals surface area contributed by atoms with Gasteiger partial charge >= 0.3 is 0 Å². The van der Waals surface area contributed by atoms with E-state index in [1.54, 1.807) is 6.20 Å². The molecular weight excluding hydrogens is 240 g/mol. The van der Waals surface area contributed by atoms with Crippen molar-refractivity contribution in [2.24, 2.45) is 0 Å². The van der Waals surface area contributed by atoms with Crippen LogP contribution < -0.4 is 15.8 Å². The van der Waals surface area contributed by atoms with Gasteiger partial charge in [0.05, 0.1) is 6.61 Å². The summed E-state index contributed by atoms with van der Waals surface area (Å²) < 4.78 is 7.38. The summed E-state index contributed by atoms with van der Waals surface area (Å²) in [4.78, 5) is 0. The van der Waals surface area contributed by atoms with Crippen LogP contribution in [0.1, 0.15) is 13.3 Å². The van der Waals surface area contributed by atoms with Gasteiger partial charge in [-0.25, -0.2) is 0 Å². The van der Waals surface area contributed by atoms with Crippen molar-refractivity contribution in [2.75, 3.05) is 24.2 Å². The third kappa shape index (κ3) is 4.21. The van der Waals surface area contributed by atoms with Crippen LogP contribution in [0, 0.1) is 0 Å². The maximum atomic E-state index is 5.84. The highest BCUT2D eigenvalue weighted by Gasteiger charge is 1.99. The Bertz CT molecular complexity index is 496. The molecule has 0 spiro atoms. The van der Waals surface area contributed by atoms with Gasteiger partial charge in [0.25, 0.3) is 0 Å². The van der Waals surface area contributed by atoms with Crippen LogP contribution in [0.2, 0.25) is 0 Å². The number of aryl methyl sites for hydroxylation is 1. The molecule has 102 valence electrons. The van der Waals surface area contributed by atoms with E-state index in [4.69, 9.17) is 10.5 Å². The van der Waals surface area contributed by atoms with Crippen molar-refractivity contribution in [3.8, 4) is 5.75 Å².